The quantitative estimate of drug-likeness (QED) is 0.597. The fourth-order valence-corrected chi connectivity index (χ4v) is 5.66. The molecular weight excluding hydrogens is 449 g/mol. The molecule has 2 N–H and O–H groups in total. The zero-order valence-corrected chi connectivity index (χ0v) is 19.5. The largest absolute Gasteiger partial charge is 0.495 e. The standard InChI is InChI=1S/C23H28FN3O5S/c1-16-15-18(10-11-19(16)24)33(30,31)27-14-6-5-7-17(27)12-13-25-22(28)23(29)26-20-8-3-4-9-21(20)32-2/h3-4,8-11,15,17H,5-7,12-14H2,1-2H3,(H,25,28)(H,26,29). The van der Waals surface area contributed by atoms with E-state index in [0.717, 1.165) is 18.9 Å². The Balaban J connectivity index is 1.60. The van der Waals surface area contributed by atoms with Gasteiger partial charge < -0.3 is 15.4 Å². The molecule has 1 heterocycles. The van der Waals surface area contributed by atoms with E-state index in [1.807, 2.05) is 0 Å². The second kappa shape index (κ2) is 10.8. The van der Waals surface area contributed by atoms with Crippen molar-refractivity contribution >= 4 is 27.5 Å². The minimum absolute atomic E-state index is 0.0496. The number of sulfonamides is 1. The van der Waals surface area contributed by atoms with E-state index >= 15 is 0 Å². The van der Waals surface area contributed by atoms with Gasteiger partial charge in [-0.25, -0.2) is 12.8 Å². The molecule has 0 saturated carbocycles. The maximum Gasteiger partial charge on any atom is 0.313 e. The van der Waals surface area contributed by atoms with Gasteiger partial charge in [-0.3, -0.25) is 9.59 Å². The van der Waals surface area contributed by atoms with Crippen LogP contribution in [-0.4, -0.2) is 50.8 Å². The van der Waals surface area contributed by atoms with Crippen molar-refractivity contribution < 1.29 is 27.1 Å². The van der Waals surface area contributed by atoms with Gasteiger partial charge in [0.25, 0.3) is 0 Å². The van der Waals surface area contributed by atoms with E-state index in [4.69, 9.17) is 4.74 Å². The van der Waals surface area contributed by atoms with Crippen molar-refractivity contribution in [1.82, 2.24) is 9.62 Å². The van der Waals surface area contributed by atoms with E-state index in [1.54, 1.807) is 24.3 Å². The Hall–Kier alpha value is -2.98. The molecule has 2 aromatic carbocycles. The predicted molar refractivity (Wildman–Crippen MR) is 122 cm³/mol. The Morgan fingerprint density at radius 2 is 1.91 bits per heavy atom. The molecule has 1 unspecified atom stereocenters. The summed E-state index contributed by atoms with van der Waals surface area (Å²) < 4.78 is 46.5. The van der Waals surface area contributed by atoms with Crippen LogP contribution in [0.4, 0.5) is 10.1 Å². The van der Waals surface area contributed by atoms with Gasteiger partial charge in [-0.05, 0) is 62.1 Å². The first-order chi connectivity index (χ1) is 15.7. The molecule has 0 aromatic heterocycles. The number of para-hydroxylation sites is 2. The van der Waals surface area contributed by atoms with Gasteiger partial charge in [0.2, 0.25) is 10.0 Å². The average molecular weight is 478 g/mol. The van der Waals surface area contributed by atoms with Crippen LogP contribution < -0.4 is 15.4 Å². The molecule has 2 aromatic rings. The van der Waals surface area contributed by atoms with Crippen LogP contribution in [0.1, 0.15) is 31.2 Å². The molecule has 0 bridgehead atoms. The first kappa shape index (κ1) is 24.7. The second-order valence-corrected chi connectivity index (χ2v) is 9.77. The summed E-state index contributed by atoms with van der Waals surface area (Å²) in [5.41, 5.74) is 0.636. The molecule has 0 spiro atoms. The van der Waals surface area contributed by atoms with Crippen LogP contribution in [0.5, 0.6) is 5.75 Å². The van der Waals surface area contributed by atoms with Gasteiger partial charge in [-0.2, -0.15) is 4.31 Å². The van der Waals surface area contributed by atoms with Crippen LogP contribution in [0.25, 0.3) is 0 Å². The van der Waals surface area contributed by atoms with Crippen LogP contribution >= 0.6 is 0 Å². The third-order valence-corrected chi connectivity index (χ3v) is 7.58. The van der Waals surface area contributed by atoms with Crippen molar-refractivity contribution in [3.63, 3.8) is 0 Å². The maximum absolute atomic E-state index is 13.6. The lowest BCUT2D eigenvalue weighted by Gasteiger charge is -2.34. The lowest BCUT2D eigenvalue weighted by molar-refractivity contribution is -0.136. The predicted octanol–water partition coefficient (Wildman–Crippen LogP) is 2.83. The molecule has 8 nitrogen and oxygen atoms in total. The van der Waals surface area contributed by atoms with Crippen LogP contribution in [-0.2, 0) is 19.6 Å². The number of rotatable bonds is 7. The number of methoxy groups -OCH3 is 1. The summed E-state index contributed by atoms with van der Waals surface area (Å²) in [6.07, 6.45) is 2.58. The molecular formula is C23H28FN3O5S. The van der Waals surface area contributed by atoms with Crippen molar-refractivity contribution in [3.05, 3.63) is 53.8 Å². The van der Waals surface area contributed by atoms with E-state index in [2.05, 4.69) is 10.6 Å². The Bertz CT molecular complexity index is 1120. The zero-order valence-electron chi connectivity index (χ0n) is 18.6. The number of nitrogens with one attached hydrogen (secondary N) is 2. The maximum atomic E-state index is 13.6. The highest BCUT2D eigenvalue weighted by Crippen LogP contribution is 2.28. The summed E-state index contributed by atoms with van der Waals surface area (Å²) in [6.45, 7) is 2.01. The Morgan fingerprint density at radius 3 is 2.64 bits per heavy atom. The summed E-state index contributed by atoms with van der Waals surface area (Å²) in [4.78, 5) is 24.5. The molecule has 1 aliphatic heterocycles. The van der Waals surface area contributed by atoms with Crippen molar-refractivity contribution in [2.75, 3.05) is 25.5 Å². The number of anilines is 1. The SMILES string of the molecule is COc1ccccc1NC(=O)C(=O)NCCC1CCCCN1S(=O)(=O)c1ccc(F)c(C)c1. The number of amides is 2. The monoisotopic (exact) mass is 477 g/mol. The fraction of sp³-hybridized carbons (Fsp3) is 0.391. The molecule has 10 heteroatoms. The number of ether oxygens (including phenoxy) is 1. The highest BCUT2D eigenvalue weighted by molar-refractivity contribution is 7.89. The van der Waals surface area contributed by atoms with E-state index in [1.165, 1.54) is 30.5 Å². The van der Waals surface area contributed by atoms with Crippen molar-refractivity contribution in [1.29, 1.82) is 0 Å². The second-order valence-electron chi connectivity index (χ2n) is 7.88. The first-order valence-corrected chi connectivity index (χ1v) is 12.2. The Kier molecular flexibility index (Phi) is 8.04. The number of carbonyl (C=O) groups is 2. The van der Waals surface area contributed by atoms with Gasteiger partial charge in [0.1, 0.15) is 11.6 Å². The number of halogens is 1. The topological polar surface area (TPSA) is 105 Å². The molecule has 3 rings (SSSR count). The molecule has 1 fully saturated rings. The van der Waals surface area contributed by atoms with Crippen LogP contribution in [0.3, 0.4) is 0 Å². The zero-order chi connectivity index (χ0) is 24.0. The van der Waals surface area contributed by atoms with Crippen molar-refractivity contribution in [3.8, 4) is 5.75 Å². The third-order valence-electron chi connectivity index (χ3n) is 5.63. The third kappa shape index (κ3) is 5.88. The number of nitrogens with zero attached hydrogens (tertiary/aromatic N) is 1. The molecule has 1 aliphatic rings. The van der Waals surface area contributed by atoms with Crippen LogP contribution in [0.2, 0.25) is 0 Å². The molecule has 1 saturated heterocycles. The molecule has 33 heavy (non-hydrogen) atoms. The van der Waals surface area contributed by atoms with Gasteiger partial charge >= 0.3 is 11.8 Å². The highest BCUT2D eigenvalue weighted by atomic mass is 32.2. The highest BCUT2D eigenvalue weighted by Gasteiger charge is 2.33. The summed E-state index contributed by atoms with van der Waals surface area (Å²) in [6, 6.07) is 10.2. The van der Waals surface area contributed by atoms with Gasteiger partial charge in [0, 0.05) is 19.1 Å². The molecule has 178 valence electrons. The van der Waals surface area contributed by atoms with Gasteiger partial charge in [0.15, 0.2) is 0 Å². The molecule has 0 aliphatic carbocycles. The minimum Gasteiger partial charge on any atom is -0.495 e. The number of benzene rings is 2. The van der Waals surface area contributed by atoms with E-state index in [-0.39, 0.29) is 23.0 Å². The van der Waals surface area contributed by atoms with Crippen molar-refractivity contribution in [2.45, 2.75) is 43.5 Å². The molecule has 0 radical (unpaired) electrons. The lowest BCUT2D eigenvalue weighted by Crippen LogP contribution is -2.45. The normalized spacial score (nSPS) is 16.8. The lowest BCUT2D eigenvalue weighted by atomic mass is 10.0. The van der Waals surface area contributed by atoms with Gasteiger partial charge in [0.05, 0.1) is 17.7 Å². The summed E-state index contributed by atoms with van der Waals surface area (Å²) in [7, 11) is -2.34. The number of carbonyl (C=O) groups excluding carboxylic acids is 2. The number of piperidine rings is 1. The first-order valence-electron chi connectivity index (χ1n) is 10.7. The molecule has 1 atom stereocenters. The Labute approximate surface area is 193 Å². The summed E-state index contributed by atoms with van der Waals surface area (Å²) in [5, 5.41) is 5.05. The van der Waals surface area contributed by atoms with Gasteiger partial charge in [-0.15, -0.1) is 0 Å². The summed E-state index contributed by atoms with van der Waals surface area (Å²) >= 11 is 0. The fourth-order valence-electron chi connectivity index (χ4n) is 3.85. The van der Waals surface area contributed by atoms with Crippen LogP contribution in [0, 0.1) is 12.7 Å². The smallest absolute Gasteiger partial charge is 0.313 e. The Morgan fingerprint density at radius 1 is 1.15 bits per heavy atom. The van der Waals surface area contributed by atoms with Crippen LogP contribution in [0.15, 0.2) is 47.4 Å². The van der Waals surface area contributed by atoms with Crippen molar-refractivity contribution in [2.24, 2.45) is 0 Å². The number of aryl methyl sites for hydroxylation is 1. The van der Waals surface area contributed by atoms with E-state index in [0.29, 0.717) is 30.8 Å². The summed E-state index contributed by atoms with van der Waals surface area (Å²) in [5.74, 6) is -1.69. The van der Waals surface area contributed by atoms with E-state index in [9.17, 15) is 22.4 Å². The molecule has 2 amide bonds. The average Bonchev–Trinajstić information content (AvgIpc) is 2.81. The van der Waals surface area contributed by atoms with E-state index < -0.39 is 27.7 Å². The van der Waals surface area contributed by atoms with Gasteiger partial charge in [-0.1, -0.05) is 18.6 Å². The minimum atomic E-state index is -3.81. The number of hydrogen-bond donors (Lipinski definition) is 2. The number of hydrogen-bond acceptors (Lipinski definition) is 5.